The monoisotopic (exact) mass is 356 g/mol. The van der Waals surface area contributed by atoms with E-state index in [1.165, 1.54) is 11.6 Å². The first kappa shape index (κ1) is 17.2. The molecule has 2 aromatic rings. The molecule has 0 bridgehead atoms. The number of nitrogens with zero attached hydrogens (tertiary/aromatic N) is 2. The fourth-order valence-electron chi connectivity index (χ4n) is 4.19. The highest BCUT2D eigenvalue weighted by atomic mass is 19.2. The third-order valence-electron chi connectivity index (χ3n) is 5.61. The van der Waals surface area contributed by atoms with E-state index in [-0.39, 0.29) is 18.0 Å². The van der Waals surface area contributed by atoms with Gasteiger partial charge < -0.3 is 4.90 Å². The summed E-state index contributed by atoms with van der Waals surface area (Å²) in [4.78, 5) is 16.6. The lowest BCUT2D eigenvalue weighted by atomic mass is 10.1. The van der Waals surface area contributed by atoms with Gasteiger partial charge in [-0.3, -0.25) is 9.69 Å². The maximum Gasteiger partial charge on any atom is 0.224 e. The van der Waals surface area contributed by atoms with Gasteiger partial charge >= 0.3 is 0 Å². The zero-order valence-electron chi connectivity index (χ0n) is 14.8. The molecule has 0 aliphatic carbocycles. The van der Waals surface area contributed by atoms with Gasteiger partial charge in [-0.2, -0.15) is 0 Å². The Kier molecular flexibility index (Phi) is 4.49. The summed E-state index contributed by atoms with van der Waals surface area (Å²) in [5.74, 6) is -1.46. The van der Waals surface area contributed by atoms with Crippen LogP contribution >= 0.6 is 0 Å². The Balaban J connectivity index is 1.48. The standard InChI is InChI=1S/C21H22F2N2O/c1-14-5-7-15(8-6-14)12-25-18-9-10-24(19(18)11-20(25)26)13-16-3-2-4-17(22)21(16)23/h2-8,18-19H,9-13H2,1H3/t18-,19-/m0/s1. The van der Waals surface area contributed by atoms with Crippen molar-refractivity contribution < 1.29 is 13.6 Å². The zero-order valence-corrected chi connectivity index (χ0v) is 14.8. The Labute approximate surface area is 152 Å². The molecule has 136 valence electrons. The summed E-state index contributed by atoms with van der Waals surface area (Å²) in [6, 6.07) is 12.7. The molecule has 4 rings (SSSR count). The number of aryl methyl sites for hydroxylation is 1. The number of likely N-dealkylation sites (tertiary alicyclic amines) is 2. The fraction of sp³-hybridized carbons (Fsp3) is 0.381. The van der Waals surface area contributed by atoms with Gasteiger partial charge in [0.2, 0.25) is 5.91 Å². The molecule has 2 fully saturated rings. The Bertz CT molecular complexity index is 821. The van der Waals surface area contributed by atoms with Gasteiger partial charge in [0.15, 0.2) is 11.6 Å². The van der Waals surface area contributed by atoms with E-state index in [9.17, 15) is 13.6 Å². The molecule has 0 aromatic heterocycles. The van der Waals surface area contributed by atoms with Gasteiger partial charge in [0, 0.05) is 43.7 Å². The molecule has 0 unspecified atom stereocenters. The average molecular weight is 356 g/mol. The summed E-state index contributed by atoms with van der Waals surface area (Å²) in [5.41, 5.74) is 2.68. The van der Waals surface area contributed by atoms with E-state index in [4.69, 9.17) is 0 Å². The lowest BCUT2D eigenvalue weighted by Crippen LogP contribution is -2.36. The van der Waals surface area contributed by atoms with Crippen LogP contribution in [0.15, 0.2) is 42.5 Å². The van der Waals surface area contributed by atoms with Gasteiger partial charge in [-0.05, 0) is 25.0 Å². The minimum Gasteiger partial charge on any atom is -0.334 e. The minimum absolute atomic E-state index is 0.0793. The van der Waals surface area contributed by atoms with Crippen LogP contribution in [0.4, 0.5) is 8.78 Å². The summed E-state index contributed by atoms with van der Waals surface area (Å²) >= 11 is 0. The van der Waals surface area contributed by atoms with Crippen molar-refractivity contribution in [2.75, 3.05) is 6.54 Å². The van der Waals surface area contributed by atoms with Crippen LogP contribution in [-0.2, 0) is 17.9 Å². The Morgan fingerprint density at radius 1 is 1.04 bits per heavy atom. The quantitative estimate of drug-likeness (QED) is 0.835. The third-order valence-corrected chi connectivity index (χ3v) is 5.61. The van der Waals surface area contributed by atoms with Crippen molar-refractivity contribution in [3.63, 3.8) is 0 Å². The van der Waals surface area contributed by atoms with Crippen LogP contribution in [0.1, 0.15) is 29.5 Å². The van der Waals surface area contributed by atoms with Gasteiger partial charge in [0.25, 0.3) is 0 Å². The molecule has 2 aromatic carbocycles. The van der Waals surface area contributed by atoms with Gasteiger partial charge in [-0.25, -0.2) is 8.78 Å². The first-order valence-corrected chi connectivity index (χ1v) is 9.05. The maximum absolute atomic E-state index is 14.0. The molecule has 0 radical (unpaired) electrons. The summed E-state index contributed by atoms with van der Waals surface area (Å²) in [5, 5.41) is 0. The summed E-state index contributed by atoms with van der Waals surface area (Å²) in [6.45, 7) is 3.79. The van der Waals surface area contributed by atoms with Crippen LogP contribution in [0.5, 0.6) is 0 Å². The number of hydrogen-bond acceptors (Lipinski definition) is 2. The number of carbonyl (C=O) groups is 1. The van der Waals surface area contributed by atoms with Crippen molar-refractivity contribution >= 4 is 5.91 Å². The van der Waals surface area contributed by atoms with Crippen LogP contribution in [0.3, 0.4) is 0 Å². The fourth-order valence-corrected chi connectivity index (χ4v) is 4.19. The van der Waals surface area contributed by atoms with Crippen molar-refractivity contribution in [3.05, 3.63) is 70.8 Å². The molecule has 0 N–H and O–H groups in total. The van der Waals surface area contributed by atoms with Crippen LogP contribution in [0.25, 0.3) is 0 Å². The van der Waals surface area contributed by atoms with Gasteiger partial charge in [0.1, 0.15) is 0 Å². The first-order valence-electron chi connectivity index (χ1n) is 9.05. The Morgan fingerprint density at radius 3 is 2.58 bits per heavy atom. The van der Waals surface area contributed by atoms with E-state index in [0.29, 0.717) is 25.1 Å². The molecular formula is C21H22F2N2O. The Morgan fingerprint density at radius 2 is 1.81 bits per heavy atom. The smallest absolute Gasteiger partial charge is 0.224 e. The van der Waals surface area contributed by atoms with E-state index in [1.54, 1.807) is 6.07 Å². The molecule has 2 aliphatic heterocycles. The van der Waals surface area contributed by atoms with E-state index >= 15 is 0 Å². The largest absolute Gasteiger partial charge is 0.334 e. The molecule has 26 heavy (non-hydrogen) atoms. The number of hydrogen-bond donors (Lipinski definition) is 0. The van der Waals surface area contributed by atoms with Gasteiger partial charge in [-0.1, -0.05) is 42.0 Å². The molecule has 2 atom stereocenters. The molecule has 2 heterocycles. The highest BCUT2D eigenvalue weighted by molar-refractivity contribution is 5.80. The van der Waals surface area contributed by atoms with Crippen LogP contribution in [0.2, 0.25) is 0 Å². The lowest BCUT2D eigenvalue weighted by Gasteiger charge is -2.25. The van der Waals surface area contributed by atoms with E-state index < -0.39 is 11.6 Å². The van der Waals surface area contributed by atoms with E-state index in [2.05, 4.69) is 29.2 Å². The maximum atomic E-state index is 14.0. The van der Waals surface area contributed by atoms with Crippen molar-refractivity contribution in [3.8, 4) is 0 Å². The molecule has 2 saturated heterocycles. The number of carbonyl (C=O) groups excluding carboxylic acids is 1. The Hall–Kier alpha value is -2.27. The topological polar surface area (TPSA) is 23.6 Å². The number of fused-ring (bicyclic) bond motifs is 1. The summed E-state index contributed by atoms with van der Waals surface area (Å²) < 4.78 is 27.5. The van der Waals surface area contributed by atoms with E-state index in [1.807, 2.05) is 11.8 Å². The summed E-state index contributed by atoms with van der Waals surface area (Å²) in [6.07, 6.45) is 1.33. The predicted octanol–water partition coefficient (Wildman–Crippen LogP) is 3.65. The van der Waals surface area contributed by atoms with Crippen molar-refractivity contribution in [1.82, 2.24) is 9.80 Å². The highest BCUT2D eigenvalue weighted by Gasteiger charge is 2.46. The zero-order chi connectivity index (χ0) is 18.3. The SMILES string of the molecule is Cc1ccc(CN2C(=O)C[C@H]3[C@@H]2CCN3Cc2cccc(F)c2F)cc1. The van der Waals surface area contributed by atoms with Crippen molar-refractivity contribution in [2.45, 2.75) is 44.9 Å². The second kappa shape index (κ2) is 6.80. The predicted molar refractivity (Wildman–Crippen MR) is 95.3 cm³/mol. The molecule has 0 saturated carbocycles. The summed E-state index contributed by atoms with van der Waals surface area (Å²) in [7, 11) is 0. The van der Waals surface area contributed by atoms with Crippen molar-refractivity contribution in [2.24, 2.45) is 0 Å². The number of halogens is 2. The van der Waals surface area contributed by atoms with Gasteiger partial charge in [-0.15, -0.1) is 0 Å². The van der Waals surface area contributed by atoms with Gasteiger partial charge in [0.05, 0.1) is 0 Å². The number of benzene rings is 2. The highest BCUT2D eigenvalue weighted by Crippen LogP contribution is 2.34. The number of rotatable bonds is 4. The average Bonchev–Trinajstić information content (AvgIpc) is 3.14. The molecule has 2 aliphatic rings. The normalized spacial score (nSPS) is 22.9. The molecule has 0 spiro atoms. The van der Waals surface area contributed by atoms with Crippen molar-refractivity contribution in [1.29, 1.82) is 0 Å². The van der Waals surface area contributed by atoms with Crippen LogP contribution < -0.4 is 0 Å². The number of amides is 1. The second-order valence-corrected chi connectivity index (χ2v) is 7.32. The minimum atomic E-state index is -0.818. The third kappa shape index (κ3) is 3.12. The molecule has 3 nitrogen and oxygen atoms in total. The molecule has 1 amide bonds. The molecule has 5 heteroatoms. The first-order chi connectivity index (χ1) is 12.5. The molecular weight excluding hydrogens is 334 g/mol. The second-order valence-electron chi connectivity index (χ2n) is 7.32. The van der Waals surface area contributed by atoms with Crippen LogP contribution in [-0.4, -0.2) is 34.3 Å². The van der Waals surface area contributed by atoms with Crippen LogP contribution in [0, 0.1) is 18.6 Å². The lowest BCUT2D eigenvalue weighted by molar-refractivity contribution is -0.129. The van der Waals surface area contributed by atoms with E-state index in [0.717, 1.165) is 24.6 Å².